The Morgan fingerprint density at radius 3 is 3.00 bits per heavy atom. The van der Waals surface area contributed by atoms with E-state index in [1.807, 2.05) is 25.1 Å². The predicted octanol–water partition coefficient (Wildman–Crippen LogP) is 5.32. The zero-order valence-corrected chi connectivity index (χ0v) is 14.3. The molecule has 0 fully saturated rings. The maximum absolute atomic E-state index is 6.45. The molecule has 2 aromatic rings. The molecule has 1 unspecified atom stereocenters. The van der Waals surface area contributed by atoms with Gasteiger partial charge in [-0.1, -0.05) is 36.7 Å². The van der Waals surface area contributed by atoms with E-state index in [1.165, 1.54) is 5.57 Å². The van der Waals surface area contributed by atoms with Gasteiger partial charge in [0, 0.05) is 24.1 Å². The summed E-state index contributed by atoms with van der Waals surface area (Å²) in [5.74, 6) is 2.02. The molecule has 3 nitrogen and oxygen atoms in total. The number of nitrogens with zero attached hydrogens (tertiary/aromatic N) is 2. The molecule has 120 valence electrons. The van der Waals surface area contributed by atoms with Crippen molar-refractivity contribution in [3.8, 4) is 11.6 Å². The summed E-state index contributed by atoms with van der Waals surface area (Å²) in [5.41, 5.74) is 3.07. The lowest BCUT2D eigenvalue weighted by Crippen LogP contribution is -2.16. The minimum absolute atomic E-state index is 0.410. The van der Waals surface area contributed by atoms with E-state index in [0.29, 0.717) is 11.8 Å². The van der Waals surface area contributed by atoms with Gasteiger partial charge in [-0.2, -0.15) is 0 Å². The van der Waals surface area contributed by atoms with Crippen molar-refractivity contribution in [2.45, 2.75) is 39.5 Å². The maximum atomic E-state index is 6.45. The number of aryl methyl sites for hydroxylation is 1. The Labute approximate surface area is 142 Å². The quantitative estimate of drug-likeness (QED) is 0.713. The zero-order chi connectivity index (χ0) is 16.2. The third-order valence-corrected chi connectivity index (χ3v) is 4.72. The van der Waals surface area contributed by atoms with Crippen molar-refractivity contribution in [3.63, 3.8) is 0 Å². The zero-order valence-electron chi connectivity index (χ0n) is 13.6. The molecule has 4 heteroatoms. The number of halogens is 1. The molecule has 0 aromatic carbocycles. The highest BCUT2D eigenvalue weighted by molar-refractivity contribution is 6.30. The van der Waals surface area contributed by atoms with Crippen LogP contribution < -0.4 is 0 Å². The number of pyridine rings is 1. The second-order valence-electron chi connectivity index (χ2n) is 5.76. The molecule has 0 saturated heterocycles. The fraction of sp³-hybridized carbons (Fsp3) is 0.368. The first-order chi connectivity index (χ1) is 11.2. The van der Waals surface area contributed by atoms with E-state index in [9.17, 15) is 0 Å². The second kappa shape index (κ2) is 7.14. The Balaban J connectivity index is 1.88. The van der Waals surface area contributed by atoms with Crippen molar-refractivity contribution in [2.75, 3.05) is 0 Å². The van der Waals surface area contributed by atoms with Crippen molar-refractivity contribution in [1.29, 1.82) is 0 Å². The molecule has 0 bridgehead atoms. The highest BCUT2D eigenvalue weighted by Crippen LogP contribution is 2.35. The first kappa shape index (κ1) is 16.0. The molecule has 23 heavy (non-hydrogen) atoms. The Hall–Kier alpha value is -1.87. The van der Waals surface area contributed by atoms with Gasteiger partial charge in [0.05, 0.1) is 5.69 Å². The second-order valence-corrected chi connectivity index (χ2v) is 6.21. The van der Waals surface area contributed by atoms with Crippen molar-refractivity contribution in [3.05, 3.63) is 58.6 Å². The van der Waals surface area contributed by atoms with Gasteiger partial charge in [-0.05, 0) is 43.4 Å². The van der Waals surface area contributed by atoms with Crippen LogP contribution in [0.3, 0.4) is 0 Å². The van der Waals surface area contributed by atoms with Crippen LogP contribution in [0.15, 0.2) is 51.6 Å². The molecule has 0 saturated carbocycles. The number of oxazole rings is 1. The average molecular weight is 329 g/mol. The lowest BCUT2D eigenvalue weighted by atomic mass is 9.84. The van der Waals surface area contributed by atoms with Crippen LogP contribution in [-0.2, 0) is 12.8 Å². The fourth-order valence-electron chi connectivity index (χ4n) is 3.07. The molecule has 0 N–H and O–H groups in total. The molecular weight excluding hydrogens is 308 g/mol. The molecule has 0 amide bonds. The first-order valence-electron chi connectivity index (χ1n) is 8.14. The van der Waals surface area contributed by atoms with E-state index in [2.05, 4.69) is 29.0 Å². The number of rotatable bonds is 4. The lowest BCUT2D eigenvalue weighted by Gasteiger charge is -2.22. The standard InChI is InChI=1S/C19H21ClN2O/c1-3-7-14(15(20)4-2)13-9-10-18-17(12-13)22-19(23-18)16-8-5-6-11-21-16/h3,5-8,11,13H,4,9-10,12H2,1-2H3/b7-3-,15-14-. The van der Waals surface area contributed by atoms with E-state index in [1.54, 1.807) is 6.20 Å². The van der Waals surface area contributed by atoms with Crippen LogP contribution in [0.25, 0.3) is 11.6 Å². The molecule has 3 rings (SSSR count). The van der Waals surface area contributed by atoms with Crippen LogP contribution >= 0.6 is 11.6 Å². The van der Waals surface area contributed by atoms with E-state index in [-0.39, 0.29) is 0 Å². The Kier molecular flexibility index (Phi) is 4.97. The van der Waals surface area contributed by atoms with Gasteiger partial charge in [0.15, 0.2) is 0 Å². The summed E-state index contributed by atoms with van der Waals surface area (Å²) < 4.78 is 5.93. The SMILES string of the molecule is C/C=C\C(=C(\Cl)CC)C1CCc2oc(-c3ccccn3)nc2C1. The van der Waals surface area contributed by atoms with Crippen molar-refractivity contribution < 1.29 is 4.42 Å². The summed E-state index contributed by atoms with van der Waals surface area (Å²) in [5, 5.41) is 0.949. The molecule has 0 radical (unpaired) electrons. The van der Waals surface area contributed by atoms with Gasteiger partial charge >= 0.3 is 0 Å². The van der Waals surface area contributed by atoms with Gasteiger partial charge in [-0.15, -0.1) is 0 Å². The highest BCUT2D eigenvalue weighted by Gasteiger charge is 2.27. The topological polar surface area (TPSA) is 38.9 Å². The molecule has 1 aliphatic carbocycles. The summed E-state index contributed by atoms with van der Waals surface area (Å²) in [4.78, 5) is 9.00. The van der Waals surface area contributed by atoms with Gasteiger partial charge in [0.1, 0.15) is 11.5 Å². The third-order valence-electron chi connectivity index (χ3n) is 4.23. The van der Waals surface area contributed by atoms with E-state index >= 15 is 0 Å². The van der Waals surface area contributed by atoms with Crippen LogP contribution in [0, 0.1) is 5.92 Å². The average Bonchev–Trinajstić information content (AvgIpc) is 3.03. The molecule has 2 aromatic heterocycles. The minimum atomic E-state index is 0.410. The Morgan fingerprint density at radius 2 is 2.30 bits per heavy atom. The molecule has 0 spiro atoms. The summed E-state index contributed by atoms with van der Waals surface area (Å²) in [6, 6.07) is 5.76. The fourth-order valence-corrected chi connectivity index (χ4v) is 3.29. The smallest absolute Gasteiger partial charge is 0.245 e. The van der Waals surface area contributed by atoms with Crippen LogP contribution in [0.5, 0.6) is 0 Å². The van der Waals surface area contributed by atoms with Crippen LogP contribution in [0.1, 0.15) is 38.1 Å². The largest absolute Gasteiger partial charge is 0.440 e. The number of fused-ring (bicyclic) bond motifs is 1. The lowest BCUT2D eigenvalue weighted by molar-refractivity contribution is 0.444. The molecular formula is C19H21ClN2O. The minimum Gasteiger partial charge on any atom is -0.440 e. The van der Waals surface area contributed by atoms with E-state index < -0.39 is 0 Å². The van der Waals surface area contributed by atoms with Crippen LogP contribution in [0.4, 0.5) is 0 Å². The molecule has 0 aliphatic heterocycles. The van der Waals surface area contributed by atoms with Crippen molar-refractivity contribution in [1.82, 2.24) is 9.97 Å². The number of allylic oxidation sites excluding steroid dienone is 4. The summed E-state index contributed by atoms with van der Waals surface area (Å²) >= 11 is 6.45. The first-order valence-corrected chi connectivity index (χ1v) is 8.52. The summed E-state index contributed by atoms with van der Waals surface area (Å²) in [7, 11) is 0. The Bertz CT molecular complexity index is 731. The highest BCUT2D eigenvalue weighted by atomic mass is 35.5. The van der Waals surface area contributed by atoms with Gasteiger partial charge in [-0.25, -0.2) is 4.98 Å². The van der Waals surface area contributed by atoms with Crippen LogP contribution in [0.2, 0.25) is 0 Å². The van der Waals surface area contributed by atoms with Crippen molar-refractivity contribution in [2.24, 2.45) is 5.92 Å². The van der Waals surface area contributed by atoms with Gasteiger partial charge in [0.25, 0.3) is 0 Å². The Morgan fingerprint density at radius 1 is 1.43 bits per heavy atom. The summed E-state index contributed by atoms with van der Waals surface area (Å²) in [6.45, 7) is 4.12. The monoisotopic (exact) mass is 328 g/mol. The van der Waals surface area contributed by atoms with E-state index in [4.69, 9.17) is 16.0 Å². The number of hydrogen-bond donors (Lipinski definition) is 0. The van der Waals surface area contributed by atoms with Crippen molar-refractivity contribution >= 4 is 11.6 Å². The predicted molar refractivity (Wildman–Crippen MR) is 93.2 cm³/mol. The third kappa shape index (κ3) is 3.40. The normalized spacial score (nSPS) is 18.8. The molecule has 1 aliphatic rings. The summed E-state index contributed by atoms with van der Waals surface area (Å²) in [6.07, 6.45) is 9.64. The van der Waals surface area contributed by atoms with E-state index in [0.717, 1.165) is 47.9 Å². The number of aromatic nitrogens is 2. The molecule has 1 atom stereocenters. The van der Waals surface area contributed by atoms with Gasteiger partial charge in [-0.3, -0.25) is 4.98 Å². The number of hydrogen-bond acceptors (Lipinski definition) is 3. The maximum Gasteiger partial charge on any atom is 0.245 e. The van der Waals surface area contributed by atoms with Gasteiger partial charge in [0.2, 0.25) is 5.89 Å². The van der Waals surface area contributed by atoms with Gasteiger partial charge < -0.3 is 4.42 Å². The molecule has 2 heterocycles. The van der Waals surface area contributed by atoms with Crippen LogP contribution in [-0.4, -0.2) is 9.97 Å².